The maximum absolute atomic E-state index is 11.4. The lowest BCUT2D eigenvalue weighted by Crippen LogP contribution is -2.32. The summed E-state index contributed by atoms with van der Waals surface area (Å²) in [6.45, 7) is -0.158. The largest absolute Gasteiger partial charge is 0.508 e. The highest BCUT2D eigenvalue weighted by Gasteiger charge is 2.30. The topological polar surface area (TPSA) is 107 Å². The van der Waals surface area contributed by atoms with Crippen LogP contribution in [0.2, 0.25) is 0 Å². The first kappa shape index (κ1) is 14.7. The van der Waals surface area contributed by atoms with Gasteiger partial charge in [-0.05, 0) is 12.1 Å². The summed E-state index contributed by atoms with van der Waals surface area (Å²) in [5.41, 5.74) is -0.0819. The van der Waals surface area contributed by atoms with Crippen molar-refractivity contribution >= 4 is 5.78 Å². The van der Waals surface area contributed by atoms with Crippen molar-refractivity contribution < 1.29 is 30.0 Å². The molecule has 2 aromatic rings. The van der Waals surface area contributed by atoms with E-state index < -0.39 is 11.9 Å². The zero-order chi connectivity index (χ0) is 15.4. The smallest absolute Gasteiger partial charge is 0.202 e. The van der Waals surface area contributed by atoms with Gasteiger partial charge >= 0.3 is 0 Å². The van der Waals surface area contributed by atoms with E-state index in [1.54, 1.807) is 24.3 Å². The van der Waals surface area contributed by atoms with Gasteiger partial charge in [0.25, 0.3) is 0 Å². The third-order valence-electron chi connectivity index (χ3n) is 2.77. The highest BCUT2D eigenvalue weighted by atomic mass is 16.5. The number of aromatic hydroxyl groups is 3. The molecule has 0 saturated carbocycles. The fraction of sp³-hybridized carbons (Fsp3) is 0.133. The highest BCUT2D eigenvalue weighted by molar-refractivity contribution is 6.05. The second-order valence-electron chi connectivity index (χ2n) is 4.36. The van der Waals surface area contributed by atoms with Crippen molar-refractivity contribution in [1.29, 1.82) is 0 Å². The number of ether oxygens (including phenoxy) is 1. The third kappa shape index (κ3) is 3.43. The van der Waals surface area contributed by atoms with Crippen LogP contribution in [0.3, 0.4) is 0 Å². The number of hydrogen-bond acceptors (Lipinski definition) is 6. The van der Waals surface area contributed by atoms with Crippen molar-refractivity contribution in [3.8, 4) is 23.0 Å². The van der Waals surface area contributed by atoms with E-state index in [1.165, 1.54) is 6.07 Å². The Morgan fingerprint density at radius 2 is 1.67 bits per heavy atom. The van der Waals surface area contributed by atoms with Gasteiger partial charge in [-0.2, -0.15) is 0 Å². The van der Waals surface area contributed by atoms with E-state index >= 15 is 0 Å². The summed E-state index contributed by atoms with van der Waals surface area (Å²) < 4.78 is 4.98. The average Bonchev–Trinajstić information content (AvgIpc) is 2.44. The number of rotatable bonds is 0. The monoisotopic (exact) mass is 290 g/mol. The molecule has 3 rings (SSSR count). The molecule has 0 fully saturated rings. The van der Waals surface area contributed by atoms with Gasteiger partial charge in [-0.15, -0.1) is 0 Å². The molecule has 0 aliphatic carbocycles. The summed E-state index contributed by atoms with van der Waals surface area (Å²) in [4.78, 5) is 11.4. The molecule has 1 aliphatic heterocycles. The van der Waals surface area contributed by atoms with Gasteiger partial charge in [-0.3, -0.25) is 4.79 Å². The van der Waals surface area contributed by atoms with Crippen LogP contribution < -0.4 is 4.74 Å². The molecule has 0 amide bonds. The van der Waals surface area contributed by atoms with Crippen molar-refractivity contribution in [3.05, 3.63) is 48.0 Å². The van der Waals surface area contributed by atoms with Crippen LogP contribution in [-0.4, -0.2) is 38.9 Å². The van der Waals surface area contributed by atoms with Crippen LogP contribution in [0.4, 0.5) is 0 Å². The van der Waals surface area contributed by atoms with Crippen LogP contribution in [0.25, 0.3) is 0 Å². The Balaban J connectivity index is 0.000000194. The zero-order valence-electron chi connectivity index (χ0n) is 10.9. The van der Waals surface area contributed by atoms with E-state index in [9.17, 15) is 15.0 Å². The predicted octanol–water partition coefficient (Wildman–Crippen LogP) is 1.43. The number of fused-ring (bicyclic) bond motifs is 1. The zero-order valence-corrected chi connectivity index (χ0v) is 10.9. The molecule has 21 heavy (non-hydrogen) atoms. The summed E-state index contributed by atoms with van der Waals surface area (Å²) in [5, 5.41) is 36.3. The van der Waals surface area contributed by atoms with Crippen LogP contribution in [0.1, 0.15) is 10.4 Å². The number of ketones is 1. The van der Waals surface area contributed by atoms with Gasteiger partial charge in [0.2, 0.25) is 5.78 Å². The van der Waals surface area contributed by atoms with E-state index in [1.807, 2.05) is 6.07 Å². The minimum Gasteiger partial charge on any atom is -0.508 e. The molecule has 110 valence electrons. The molecule has 0 bridgehead atoms. The lowest BCUT2D eigenvalue weighted by atomic mass is 10.0. The van der Waals surface area contributed by atoms with Gasteiger partial charge in [-0.25, -0.2) is 0 Å². The molecule has 1 heterocycles. The van der Waals surface area contributed by atoms with Gasteiger partial charge in [-0.1, -0.05) is 18.2 Å². The minimum atomic E-state index is -1.25. The van der Waals surface area contributed by atoms with E-state index in [0.29, 0.717) is 5.75 Å². The van der Waals surface area contributed by atoms with Gasteiger partial charge < -0.3 is 25.2 Å². The summed E-state index contributed by atoms with van der Waals surface area (Å²) in [6.07, 6.45) is -1.25. The molecular formula is C15H14O6. The number of aliphatic hydroxyl groups excluding tert-OH is 1. The molecule has 1 unspecified atom stereocenters. The number of aliphatic hydroxyl groups is 1. The number of hydrogen-bond donors (Lipinski definition) is 4. The van der Waals surface area contributed by atoms with Crippen LogP contribution >= 0.6 is 0 Å². The molecule has 0 spiro atoms. The van der Waals surface area contributed by atoms with Crippen molar-refractivity contribution in [2.45, 2.75) is 6.10 Å². The quantitative estimate of drug-likeness (QED) is 0.584. The molecule has 0 aromatic heterocycles. The Kier molecular flexibility index (Phi) is 4.30. The van der Waals surface area contributed by atoms with Crippen molar-refractivity contribution in [2.24, 2.45) is 0 Å². The second kappa shape index (κ2) is 6.15. The Labute approximate surface area is 120 Å². The molecule has 1 aliphatic rings. The Hall–Kier alpha value is -2.73. The minimum absolute atomic E-state index is 0.0819. The Morgan fingerprint density at radius 1 is 1.00 bits per heavy atom. The normalized spacial score (nSPS) is 16.2. The molecule has 6 nitrogen and oxygen atoms in total. The van der Waals surface area contributed by atoms with Gasteiger partial charge in [0, 0.05) is 12.1 Å². The molecular weight excluding hydrogens is 276 g/mol. The van der Waals surface area contributed by atoms with E-state index in [2.05, 4.69) is 0 Å². The summed E-state index contributed by atoms with van der Waals surface area (Å²) in [7, 11) is 0. The number of phenolic OH excluding ortho intramolecular Hbond substituents is 3. The number of para-hydroxylation sites is 1. The van der Waals surface area contributed by atoms with Gasteiger partial charge in [0.15, 0.2) is 6.10 Å². The van der Waals surface area contributed by atoms with Crippen LogP contribution in [0.5, 0.6) is 23.0 Å². The lowest BCUT2D eigenvalue weighted by molar-refractivity contribution is 0.0552. The standard InChI is InChI=1S/C9H8O5.C6H6O/c10-4-1-5(11)8-7(2-4)14-3-6(12)9(8)13;7-6-4-2-1-3-5-6/h1-2,6,10-12H,3H2;1-5,7H. The fourth-order valence-electron chi connectivity index (χ4n) is 1.79. The van der Waals surface area contributed by atoms with Crippen LogP contribution in [-0.2, 0) is 0 Å². The second-order valence-corrected chi connectivity index (χ2v) is 4.36. The molecule has 0 saturated heterocycles. The first-order valence-electron chi connectivity index (χ1n) is 6.14. The number of carbonyl (C=O) groups is 1. The van der Waals surface area contributed by atoms with Crippen LogP contribution in [0.15, 0.2) is 42.5 Å². The summed E-state index contributed by atoms with van der Waals surface area (Å²) in [6, 6.07) is 11.0. The van der Waals surface area contributed by atoms with Crippen LogP contribution in [0, 0.1) is 0 Å². The molecule has 4 N–H and O–H groups in total. The van der Waals surface area contributed by atoms with Gasteiger partial charge in [0.1, 0.15) is 35.2 Å². The average molecular weight is 290 g/mol. The molecule has 2 aromatic carbocycles. The highest BCUT2D eigenvalue weighted by Crippen LogP contribution is 2.35. The molecule has 0 radical (unpaired) electrons. The Morgan fingerprint density at radius 3 is 2.24 bits per heavy atom. The molecule has 1 atom stereocenters. The fourth-order valence-corrected chi connectivity index (χ4v) is 1.79. The first-order chi connectivity index (χ1) is 9.99. The van der Waals surface area contributed by atoms with Crippen molar-refractivity contribution in [3.63, 3.8) is 0 Å². The van der Waals surface area contributed by atoms with E-state index in [0.717, 1.165) is 6.07 Å². The Bertz CT molecular complexity index is 638. The van der Waals surface area contributed by atoms with Crippen molar-refractivity contribution in [2.75, 3.05) is 6.61 Å². The SMILES string of the molecule is O=C1c2c(O)cc(O)cc2OCC1O.Oc1ccccc1. The third-order valence-corrected chi connectivity index (χ3v) is 2.77. The summed E-state index contributed by atoms with van der Waals surface area (Å²) >= 11 is 0. The number of benzene rings is 2. The van der Waals surface area contributed by atoms with Gasteiger partial charge in [0.05, 0.1) is 0 Å². The molecule has 6 heteroatoms. The van der Waals surface area contributed by atoms with E-state index in [4.69, 9.17) is 14.9 Å². The van der Waals surface area contributed by atoms with Crippen molar-refractivity contribution in [1.82, 2.24) is 0 Å². The number of Topliss-reactive ketones (excluding diaryl/α,β-unsaturated/α-hetero) is 1. The maximum Gasteiger partial charge on any atom is 0.202 e. The number of carbonyl (C=O) groups excluding carboxylic acids is 1. The first-order valence-corrected chi connectivity index (χ1v) is 6.14. The summed E-state index contributed by atoms with van der Waals surface area (Å²) in [5.74, 6) is -0.752. The van der Waals surface area contributed by atoms with E-state index in [-0.39, 0.29) is 29.4 Å². The lowest BCUT2D eigenvalue weighted by Gasteiger charge is -2.21. The predicted molar refractivity (Wildman–Crippen MR) is 73.7 cm³/mol. The maximum atomic E-state index is 11.4. The number of phenols is 3.